The first-order valence-corrected chi connectivity index (χ1v) is 8.36. The van der Waals surface area contributed by atoms with Crippen LogP contribution in [0, 0.1) is 0 Å². The maximum absolute atomic E-state index is 5.58. The molecule has 1 atom stereocenters. The van der Waals surface area contributed by atoms with Gasteiger partial charge in [-0.15, -0.1) is 0 Å². The van der Waals surface area contributed by atoms with Gasteiger partial charge in [-0.1, -0.05) is 5.10 Å². The van der Waals surface area contributed by atoms with E-state index >= 15 is 0 Å². The number of rotatable bonds is 5. The first kappa shape index (κ1) is 16.9. The monoisotopic (exact) mass is 365 g/mol. The van der Waals surface area contributed by atoms with E-state index in [0.29, 0.717) is 11.7 Å². The van der Waals surface area contributed by atoms with Gasteiger partial charge in [0.2, 0.25) is 5.95 Å². The first-order chi connectivity index (χ1) is 13.2. The molecule has 27 heavy (non-hydrogen) atoms. The summed E-state index contributed by atoms with van der Waals surface area (Å²) in [6.07, 6.45) is 2.06. The van der Waals surface area contributed by atoms with Gasteiger partial charge in [-0.05, 0) is 58.5 Å². The van der Waals surface area contributed by atoms with Gasteiger partial charge in [0.1, 0.15) is 23.3 Å². The van der Waals surface area contributed by atoms with Gasteiger partial charge >= 0.3 is 0 Å². The Hall–Kier alpha value is -3.55. The van der Waals surface area contributed by atoms with Crippen LogP contribution in [-0.4, -0.2) is 41.5 Å². The normalized spacial score (nSPS) is 15.4. The Kier molecular flexibility index (Phi) is 4.37. The fourth-order valence-electron chi connectivity index (χ4n) is 3.08. The van der Waals surface area contributed by atoms with Crippen molar-refractivity contribution in [3.05, 3.63) is 59.7 Å². The van der Waals surface area contributed by atoms with E-state index in [1.807, 2.05) is 42.5 Å². The summed E-state index contributed by atoms with van der Waals surface area (Å²) in [7, 11) is 4.90. The van der Waals surface area contributed by atoms with Gasteiger partial charge in [0.15, 0.2) is 0 Å². The lowest BCUT2D eigenvalue weighted by Crippen LogP contribution is -2.20. The van der Waals surface area contributed by atoms with Crippen molar-refractivity contribution in [1.29, 1.82) is 0 Å². The molecule has 1 aromatic heterocycles. The van der Waals surface area contributed by atoms with Crippen molar-refractivity contribution in [3.63, 3.8) is 0 Å². The molecule has 0 aliphatic carbocycles. The fourth-order valence-corrected chi connectivity index (χ4v) is 3.08. The number of tetrazole rings is 1. The average Bonchev–Trinajstić information content (AvgIpc) is 3.21. The minimum absolute atomic E-state index is 0.228. The zero-order valence-electron chi connectivity index (χ0n) is 15.2. The highest BCUT2D eigenvalue weighted by Gasteiger charge is 2.26. The number of methoxy groups -OCH3 is 3. The van der Waals surface area contributed by atoms with Crippen LogP contribution in [0.25, 0.3) is 5.70 Å². The van der Waals surface area contributed by atoms with Crippen LogP contribution in [0.5, 0.6) is 17.2 Å². The van der Waals surface area contributed by atoms with Crippen LogP contribution in [0.4, 0.5) is 5.95 Å². The van der Waals surface area contributed by atoms with Gasteiger partial charge in [-0.3, -0.25) is 0 Å². The van der Waals surface area contributed by atoms with E-state index in [9.17, 15) is 0 Å². The second-order valence-corrected chi connectivity index (χ2v) is 5.93. The molecular formula is C19H19N5O3. The van der Waals surface area contributed by atoms with Crippen LogP contribution >= 0.6 is 0 Å². The van der Waals surface area contributed by atoms with Crippen LogP contribution in [-0.2, 0) is 0 Å². The lowest BCUT2D eigenvalue weighted by Gasteiger charge is -2.25. The summed E-state index contributed by atoms with van der Waals surface area (Å²) in [6, 6.07) is 13.3. The highest BCUT2D eigenvalue weighted by Crippen LogP contribution is 2.37. The topological polar surface area (TPSA) is 83.3 Å². The first-order valence-electron chi connectivity index (χ1n) is 8.36. The predicted octanol–water partition coefficient (Wildman–Crippen LogP) is 2.75. The Bertz CT molecular complexity index is 981. The molecule has 0 spiro atoms. The molecule has 138 valence electrons. The average molecular weight is 365 g/mol. The van der Waals surface area contributed by atoms with Crippen molar-refractivity contribution >= 4 is 11.6 Å². The number of hydrogen-bond acceptors (Lipinski definition) is 7. The maximum Gasteiger partial charge on any atom is 0.248 e. The van der Waals surface area contributed by atoms with Gasteiger partial charge in [0.05, 0.1) is 21.3 Å². The summed E-state index contributed by atoms with van der Waals surface area (Å²) in [5.74, 6) is 2.79. The summed E-state index contributed by atoms with van der Waals surface area (Å²) in [6.45, 7) is 0. The molecule has 8 nitrogen and oxygen atoms in total. The van der Waals surface area contributed by atoms with Gasteiger partial charge in [-0.25, -0.2) is 0 Å². The van der Waals surface area contributed by atoms with E-state index in [1.54, 1.807) is 26.0 Å². The zero-order chi connectivity index (χ0) is 18.8. The Labute approximate surface area is 156 Å². The molecule has 2 heterocycles. The SMILES string of the molecule is COc1ccc(C2=CC(c3ccc(OC)cc3OC)n3nnnc3N2)cc1. The Morgan fingerprint density at radius 3 is 2.37 bits per heavy atom. The minimum Gasteiger partial charge on any atom is -0.497 e. The molecule has 0 saturated carbocycles. The molecule has 3 aromatic rings. The van der Waals surface area contributed by atoms with Gasteiger partial charge in [0, 0.05) is 17.3 Å². The van der Waals surface area contributed by atoms with Crippen LogP contribution in [0.2, 0.25) is 0 Å². The number of nitrogens with one attached hydrogen (secondary N) is 1. The van der Waals surface area contributed by atoms with E-state index in [4.69, 9.17) is 14.2 Å². The second-order valence-electron chi connectivity index (χ2n) is 5.93. The summed E-state index contributed by atoms with van der Waals surface area (Å²) in [5, 5.41) is 15.3. The summed E-state index contributed by atoms with van der Waals surface area (Å²) < 4.78 is 17.8. The molecule has 0 saturated heterocycles. The van der Waals surface area contributed by atoms with Crippen molar-refractivity contribution in [1.82, 2.24) is 20.2 Å². The standard InChI is InChI=1S/C19H19N5O3/c1-25-13-6-4-12(5-7-13)16-11-17(24-19(20-16)21-22-23-24)15-9-8-14(26-2)10-18(15)27-3/h4-11,17H,1-3H3,(H,20,21,23). The van der Waals surface area contributed by atoms with Gasteiger partial charge in [0.25, 0.3) is 0 Å². The van der Waals surface area contributed by atoms with Crippen molar-refractivity contribution in [2.75, 3.05) is 26.6 Å². The molecule has 0 radical (unpaired) electrons. The van der Waals surface area contributed by atoms with E-state index in [2.05, 4.69) is 26.9 Å². The lowest BCUT2D eigenvalue weighted by molar-refractivity contribution is 0.387. The molecule has 1 unspecified atom stereocenters. The molecule has 1 aliphatic heterocycles. The Morgan fingerprint density at radius 1 is 0.926 bits per heavy atom. The van der Waals surface area contributed by atoms with Crippen LogP contribution in [0.1, 0.15) is 17.2 Å². The number of ether oxygens (including phenoxy) is 3. The molecule has 1 N–H and O–H groups in total. The van der Waals surface area contributed by atoms with Crippen molar-refractivity contribution in [2.24, 2.45) is 0 Å². The number of nitrogens with zero attached hydrogens (tertiary/aromatic N) is 4. The highest BCUT2D eigenvalue weighted by molar-refractivity contribution is 5.77. The van der Waals surface area contributed by atoms with Crippen molar-refractivity contribution in [3.8, 4) is 17.2 Å². The predicted molar refractivity (Wildman–Crippen MR) is 100 cm³/mol. The quantitative estimate of drug-likeness (QED) is 0.744. The maximum atomic E-state index is 5.58. The van der Waals surface area contributed by atoms with Crippen molar-refractivity contribution in [2.45, 2.75) is 6.04 Å². The van der Waals surface area contributed by atoms with Crippen molar-refractivity contribution < 1.29 is 14.2 Å². The van der Waals surface area contributed by atoms with E-state index in [1.165, 1.54) is 0 Å². The third-order valence-corrected chi connectivity index (χ3v) is 4.49. The summed E-state index contributed by atoms with van der Waals surface area (Å²) in [5.41, 5.74) is 2.84. The number of hydrogen-bond donors (Lipinski definition) is 1. The third kappa shape index (κ3) is 3.05. The zero-order valence-corrected chi connectivity index (χ0v) is 15.2. The lowest BCUT2D eigenvalue weighted by atomic mass is 10.0. The smallest absolute Gasteiger partial charge is 0.248 e. The molecule has 2 aromatic carbocycles. The van der Waals surface area contributed by atoms with Crippen LogP contribution in [0.3, 0.4) is 0 Å². The Balaban J connectivity index is 1.80. The fraction of sp³-hybridized carbons (Fsp3) is 0.211. The third-order valence-electron chi connectivity index (χ3n) is 4.49. The molecule has 0 fully saturated rings. The molecule has 0 bridgehead atoms. The van der Waals surface area contributed by atoms with E-state index in [0.717, 1.165) is 28.3 Å². The summed E-state index contributed by atoms with van der Waals surface area (Å²) in [4.78, 5) is 0. The number of aromatic nitrogens is 4. The molecule has 0 amide bonds. The minimum atomic E-state index is -0.228. The van der Waals surface area contributed by atoms with Crippen LogP contribution < -0.4 is 19.5 Å². The van der Waals surface area contributed by atoms with Gasteiger partial charge < -0.3 is 19.5 Å². The molecule has 4 rings (SSSR count). The number of anilines is 1. The van der Waals surface area contributed by atoms with E-state index < -0.39 is 0 Å². The highest BCUT2D eigenvalue weighted by atomic mass is 16.5. The Morgan fingerprint density at radius 2 is 1.67 bits per heavy atom. The number of allylic oxidation sites excluding steroid dienone is 1. The van der Waals surface area contributed by atoms with E-state index in [-0.39, 0.29) is 6.04 Å². The molecular weight excluding hydrogens is 346 g/mol. The van der Waals surface area contributed by atoms with Crippen LogP contribution in [0.15, 0.2) is 48.5 Å². The summed E-state index contributed by atoms with van der Waals surface area (Å²) >= 11 is 0. The number of fused-ring (bicyclic) bond motifs is 1. The number of benzene rings is 2. The largest absolute Gasteiger partial charge is 0.497 e. The molecule has 8 heteroatoms. The van der Waals surface area contributed by atoms with Gasteiger partial charge in [-0.2, -0.15) is 4.68 Å². The second kappa shape index (κ2) is 6.99. The molecule has 1 aliphatic rings.